The normalized spacial score (nSPS) is 17.3. The van der Waals surface area contributed by atoms with E-state index in [0.29, 0.717) is 5.92 Å². The number of hydrogen-bond acceptors (Lipinski definition) is 2. The van der Waals surface area contributed by atoms with Gasteiger partial charge in [-0.15, -0.1) is 11.3 Å². The van der Waals surface area contributed by atoms with E-state index in [1.54, 1.807) is 0 Å². The molecule has 1 saturated carbocycles. The van der Waals surface area contributed by atoms with Crippen LogP contribution < -0.4 is 10.6 Å². The smallest absolute Gasteiger partial charge is 0.190 e. The lowest BCUT2D eigenvalue weighted by atomic mass is 10.1. The summed E-state index contributed by atoms with van der Waals surface area (Å²) >= 11 is 1.84. The Morgan fingerprint density at radius 1 is 1.47 bits per heavy atom. The lowest BCUT2D eigenvalue weighted by Gasteiger charge is -2.15. The fraction of sp³-hybridized carbons (Fsp3) is 0.667. The maximum atomic E-state index is 4.27. The molecule has 0 saturated heterocycles. The van der Waals surface area contributed by atoms with Gasteiger partial charge < -0.3 is 10.6 Å². The minimum absolute atomic E-state index is 0.626. The van der Waals surface area contributed by atoms with E-state index < -0.39 is 0 Å². The molecule has 2 N–H and O–H groups in total. The molecule has 19 heavy (non-hydrogen) atoms. The molecule has 1 aliphatic carbocycles. The number of aliphatic imine (C=N–C) groups is 1. The van der Waals surface area contributed by atoms with Crippen LogP contribution in [0.2, 0.25) is 0 Å². The minimum atomic E-state index is 0.626. The Hall–Kier alpha value is -1.03. The van der Waals surface area contributed by atoms with E-state index in [2.05, 4.69) is 40.1 Å². The van der Waals surface area contributed by atoms with Crippen LogP contribution in [0.3, 0.4) is 0 Å². The summed E-state index contributed by atoms with van der Waals surface area (Å²) in [6.45, 7) is 4.30. The summed E-state index contributed by atoms with van der Waals surface area (Å²) in [6.07, 6.45) is 5.27. The van der Waals surface area contributed by atoms with Crippen molar-refractivity contribution in [2.75, 3.05) is 20.1 Å². The highest BCUT2D eigenvalue weighted by Gasteiger charge is 2.20. The molecule has 2 rings (SSSR count). The molecule has 0 aromatic carbocycles. The van der Waals surface area contributed by atoms with Gasteiger partial charge in [-0.3, -0.25) is 4.99 Å². The lowest BCUT2D eigenvalue weighted by Crippen LogP contribution is -2.40. The van der Waals surface area contributed by atoms with E-state index in [4.69, 9.17) is 0 Å². The van der Waals surface area contributed by atoms with Gasteiger partial charge in [-0.1, -0.05) is 25.8 Å². The SMILES string of the molecule is CN=C(NCCC1CC1)NCC(C)Cc1cccs1. The monoisotopic (exact) mass is 279 g/mol. The second-order valence-electron chi connectivity index (χ2n) is 5.50. The Labute approximate surface area is 120 Å². The first-order valence-corrected chi connectivity index (χ1v) is 8.12. The fourth-order valence-corrected chi connectivity index (χ4v) is 3.01. The van der Waals surface area contributed by atoms with E-state index in [1.807, 2.05) is 18.4 Å². The molecule has 1 fully saturated rings. The van der Waals surface area contributed by atoms with Crippen molar-refractivity contribution in [3.8, 4) is 0 Å². The summed E-state index contributed by atoms with van der Waals surface area (Å²) in [7, 11) is 1.84. The molecule has 1 heterocycles. The molecule has 0 spiro atoms. The zero-order valence-corrected chi connectivity index (χ0v) is 12.8. The Bertz CT molecular complexity index is 382. The third-order valence-corrected chi connectivity index (χ3v) is 4.41. The molecule has 1 aliphatic rings. The average molecular weight is 279 g/mol. The van der Waals surface area contributed by atoms with Crippen LogP contribution in [0.15, 0.2) is 22.5 Å². The number of guanidine groups is 1. The van der Waals surface area contributed by atoms with Gasteiger partial charge in [0.05, 0.1) is 0 Å². The summed E-state index contributed by atoms with van der Waals surface area (Å²) in [5, 5.41) is 8.96. The summed E-state index contributed by atoms with van der Waals surface area (Å²) in [5.74, 6) is 2.54. The first-order chi connectivity index (χ1) is 9.28. The zero-order valence-electron chi connectivity index (χ0n) is 12.0. The molecule has 1 aromatic heterocycles. The highest BCUT2D eigenvalue weighted by molar-refractivity contribution is 7.09. The second kappa shape index (κ2) is 7.53. The highest BCUT2D eigenvalue weighted by Crippen LogP contribution is 2.31. The van der Waals surface area contributed by atoms with Crippen LogP contribution in [0.4, 0.5) is 0 Å². The highest BCUT2D eigenvalue weighted by atomic mass is 32.1. The van der Waals surface area contributed by atoms with E-state index in [9.17, 15) is 0 Å². The first kappa shape index (κ1) is 14.4. The van der Waals surface area contributed by atoms with E-state index in [1.165, 1.54) is 24.1 Å². The number of nitrogens with one attached hydrogen (secondary N) is 2. The molecule has 4 heteroatoms. The van der Waals surface area contributed by atoms with Gasteiger partial charge in [0.15, 0.2) is 5.96 Å². The van der Waals surface area contributed by atoms with Crippen LogP contribution in [-0.4, -0.2) is 26.1 Å². The first-order valence-electron chi connectivity index (χ1n) is 7.25. The second-order valence-corrected chi connectivity index (χ2v) is 6.53. The number of hydrogen-bond donors (Lipinski definition) is 2. The number of thiophene rings is 1. The van der Waals surface area contributed by atoms with Crippen LogP contribution >= 0.6 is 11.3 Å². The fourth-order valence-electron chi connectivity index (χ4n) is 2.14. The summed E-state index contributed by atoms with van der Waals surface area (Å²) in [5.41, 5.74) is 0. The predicted octanol–water partition coefficient (Wildman–Crippen LogP) is 2.89. The van der Waals surface area contributed by atoms with Gasteiger partial charge in [-0.2, -0.15) is 0 Å². The van der Waals surface area contributed by atoms with Crippen molar-refractivity contribution in [2.24, 2.45) is 16.8 Å². The molecule has 0 radical (unpaired) electrons. The molecule has 3 nitrogen and oxygen atoms in total. The van der Waals surface area contributed by atoms with Gasteiger partial charge in [0, 0.05) is 25.0 Å². The van der Waals surface area contributed by atoms with Crippen molar-refractivity contribution in [3.05, 3.63) is 22.4 Å². The van der Waals surface area contributed by atoms with Crippen molar-refractivity contribution in [2.45, 2.75) is 32.6 Å². The number of rotatable bonds is 7. The van der Waals surface area contributed by atoms with Crippen LogP contribution in [-0.2, 0) is 6.42 Å². The van der Waals surface area contributed by atoms with Gasteiger partial charge in [0.2, 0.25) is 0 Å². The van der Waals surface area contributed by atoms with Gasteiger partial charge in [0.25, 0.3) is 0 Å². The molecular weight excluding hydrogens is 254 g/mol. The number of nitrogens with zero attached hydrogens (tertiary/aromatic N) is 1. The zero-order chi connectivity index (χ0) is 13.5. The Morgan fingerprint density at radius 3 is 2.95 bits per heavy atom. The predicted molar refractivity (Wildman–Crippen MR) is 83.9 cm³/mol. The van der Waals surface area contributed by atoms with Crippen molar-refractivity contribution in [1.82, 2.24) is 10.6 Å². The summed E-state index contributed by atoms with van der Waals surface area (Å²) in [6, 6.07) is 4.34. The maximum Gasteiger partial charge on any atom is 0.190 e. The Morgan fingerprint density at radius 2 is 2.32 bits per heavy atom. The molecule has 106 valence electrons. The van der Waals surface area contributed by atoms with Gasteiger partial charge in [-0.05, 0) is 36.1 Å². The van der Waals surface area contributed by atoms with E-state index >= 15 is 0 Å². The van der Waals surface area contributed by atoms with Crippen LogP contribution in [0, 0.1) is 11.8 Å². The third kappa shape index (κ3) is 5.64. The standard InChI is InChI=1S/C15H25N3S/c1-12(10-14-4-3-9-19-14)11-18-15(16-2)17-8-7-13-5-6-13/h3-4,9,12-13H,5-8,10-11H2,1-2H3,(H2,16,17,18). The summed E-state index contributed by atoms with van der Waals surface area (Å²) in [4.78, 5) is 5.74. The molecule has 1 unspecified atom stereocenters. The molecule has 0 bridgehead atoms. The van der Waals surface area contributed by atoms with Gasteiger partial charge >= 0.3 is 0 Å². The van der Waals surface area contributed by atoms with E-state index in [-0.39, 0.29) is 0 Å². The van der Waals surface area contributed by atoms with Crippen molar-refractivity contribution >= 4 is 17.3 Å². The largest absolute Gasteiger partial charge is 0.356 e. The van der Waals surface area contributed by atoms with E-state index in [0.717, 1.165) is 31.4 Å². The maximum absolute atomic E-state index is 4.27. The van der Waals surface area contributed by atoms with Crippen molar-refractivity contribution in [1.29, 1.82) is 0 Å². The Balaban J connectivity index is 1.61. The molecule has 0 amide bonds. The molecule has 1 atom stereocenters. The quantitative estimate of drug-likeness (QED) is 0.595. The van der Waals surface area contributed by atoms with Gasteiger partial charge in [-0.25, -0.2) is 0 Å². The van der Waals surface area contributed by atoms with Crippen molar-refractivity contribution < 1.29 is 0 Å². The van der Waals surface area contributed by atoms with Crippen LogP contribution in [0.1, 0.15) is 31.1 Å². The molecule has 1 aromatic rings. The Kier molecular flexibility index (Phi) is 5.70. The van der Waals surface area contributed by atoms with Crippen molar-refractivity contribution in [3.63, 3.8) is 0 Å². The van der Waals surface area contributed by atoms with Crippen LogP contribution in [0.5, 0.6) is 0 Å². The minimum Gasteiger partial charge on any atom is -0.356 e. The molecular formula is C15H25N3S. The third-order valence-electron chi connectivity index (χ3n) is 3.51. The summed E-state index contributed by atoms with van der Waals surface area (Å²) < 4.78 is 0. The topological polar surface area (TPSA) is 36.4 Å². The lowest BCUT2D eigenvalue weighted by molar-refractivity contribution is 0.560. The molecule has 0 aliphatic heterocycles. The van der Waals surface area contributed by atoms with Crippen LogP contribution in [0.25, 0.3) is 0 Å². The van der Waals surface area contributed by atoms with Gasteiger partial charge in [0.1, 0.15) is 0 Å². The average Bonchev–Trinajstić information content (AvgIpc) is 3.09.